The quantitative estimate of drug-likeness (QED) is 0.464. The zero-order valence-corrected chi connectivity index (χ0v) is 22.5. The lowest BCUT2D eigenvalue weighted by molar-refractivity contribution is -0.139. The molecule has 34 heavy (non-hydrogen) atoms. The highest BCUT2D eigenvalue weighted by molar-refractivity contribution is 7.92. The van der Waals surface area contributed by atoms with Gasteiger partial charge in [-0.2, -0.15) is 0 Å². The second kappa shape index (κ2) is 12.1. The van der Waals surface area contributed by atoms with Crippen molar-refractivity contribution in [2.45, 2.75) is 45.8 Å². The van der Waals surface area contributed by atoms with Gasteiger partial charge in [0, 0.05) is 27.7 Å². The van der Waals surface area contributed by atoms with Gasteiger partial charge in [0.15, 0.2) is 0 Å². The number of anilines is 1. The number of hydrogen-bond donors (Lipinski definition) is 1. The first-order chi connectivity index (χ1) is 15.8. The zero-order valence-electron chi connectivity index (χ0n) is 19.4. The van der Waals surface area contributed by atoms with Crippen LogP contribution in [0.4, 0.5) is 5.69 Å². The third kappa shape index (κ3) is 7.77. The Morgan fingerprint density at radius 2 is 1.62 bits per heavy atom. The average molecular weight is 549 g/mol. The second-order valence-corrected chi connectivity index (χ2v) is 11.2. The predicted molar refractivity (Wildman–Crippen MR) is 138 cm³/mol. The first-order valence-electron chi connectivity index (χ1n) is 10.6. The number of sulfonamides is 1. The molecule has 0 unspecified atom stereocenters. The predicted octanol–water partition coefficient (Wildman–Crippen LogP) is 4.74. The van der Waals surface area contributed by atoms with Crippen molar-refractivity contribution in [1.82, 2.24) is 10.2 Å². The van der Waals surface area contributed by atoms with E-state index in [-0.39, 0.29) is 34.2 Å². The smallest absolute Gasteiger partial charge is 0.244 e. The largest absolute Gasteiger partial charge is 0.352 e. The number of rotatable bonds is 10. The van der Waals surface area contributed by atoms with Gasteiger partial charge >= 0.3 is 0 Å². The number of benzene rings is 2. The van der Waals surface area contributed by atoms with Crippen LogP contribution in [-0.2, 0) is 26.2 Å². The van der Waals surface area contributed by atoms with Crippen molar-refractivity contribution in [1.29, 1.82) is 0 Å². The van der Waals surface area contributed by atoms with Crippen molar-refractivity contribution in [2.75, 3.05) is 17.1 Å². The standard InChI is InChI=1S/C23H28Cl3N3O4S/c1-5-15(2)27-23(31)16(3)28(13-17-8-6-7-9-21(17)26)22(30)14-29(34(4,32)33)20-11-18(24)10-19(25)12-20/h6-12,15-16H,5,13-14H2,1-4H3,(H,27,31)/t15-,16+/m1/s1. The van der Waals surface area contributed by atoms with E-state index in [1.165, 1.54) is 23.1 Å². The fraction of sp³-hybridized carbons (Fsp3) is 0.391. The molecule has 0 aromatic heterocycles. The molecule has 0 fully saturated rings. The van der Waals surface area contributed by atoms with Crippen molar-refractivity contribution < 1.29 is 18.0 Å². The molecular weight excluding hydrogens is 521 g/mol. The van der Waals surface area contributed by atoms with Crippen molar-refractivity contribution in [3.05, 3.63) is 63.1 Å². The summed E-state index contributed by atoms with van der Waals surface area (Å²) in [5.41, 5.74) is 0.764. The molecule has 11 heteroatoms. The van der Waals surface area contributed by atoms with Gasteiger partial charge in [-0.05, 0) is 50.1 Å². The Morgan fingerprint density at radius 1 is 1.03 bits per heavy atom. The Labute approximate surface area is 216 Å². The Balaban J connectivity index is 2.43. The molecule has 0 saturated heterocycles. The van der Waals surface area contributed by atoms with Crippen LogP contribution in [-0.4, -0.2) is 50.0 Å². The molecule has 1 N–H and O–H groups in total. The van der Waals surface area contributed by atoms with Crippen LogP contribution in [0.2, 0.25) is 15.1 Å². The maximum atomic E-state index is 13.5. The number of carbonyl (C=O) groups is 2. The third-order valence-electron chi connectivity index (χ3n) is 5.28. The van der Waals surface area contributed by atoms with E-state index in [4.69, 9.17) is 34.8 Å². The molecule has 0 radical (unpaired) electrons. The van der Waals surface area contributed by atoms with Gasteiger partial charge in [0.1, 0.15) is 12.6 Å². The van der Waals surface area contributed by atoms with Crippen LogP contribution in [0.25, 0.3) is 0 Å². The van der Waals surface area contributed by atoms with E-state index in [2.05, 4.69) is 5.32 Å². The molecule has 0 heterocycles. The lowest BCUT2D eigenvalue weighted by atomic mass is 10.1. The lowest BCUT2D eigenvalue weighted by Crippen LogP contribution is -2.52. The van der Waals surface area contributed by atoms with E-state index >= 15 is 0 Å². The second-order valence-electron chi connectivity index (χ2n) is 8.00. The summed E-state index contributed by atoms with van der Waals surface area (Å²) in [6, 6.07) is 10.2. The van der Waals surface area contributed by atoms with E-state index in [0.717, 1.165) is 10.6 Å². The molecule has 2 aromatic carbocycles. The number of hydrogen-bond acceptors (Lipinski definition) is 4. The summed E-state index contributed by atoms with van der Waals surface area (Å²) in [5, 5.41) is 3.73. The summed E-state index contributed by atoms with van der Waals surface area (Å²) >= 11 is 18.4. The topological polar surface area (TPSA) is 86.8 Å². The highest BCUT2D eigenvalue weighted by Crippen LogP contribution is 2.27. The fourth-order valence-corrected chi connectivity index (χ4v) is 4.70. The molecule has 0 aliphatic rings. The summed E-state index contributed by atoms with van der Waals surface area (Å²) in [7, 11) is -3.89. The van der Waals surface area contributed by atoms with E-state index in [0.29, 0.717) is 17.0 Å². The first kappa shape index (κ1) is 28.2. The number of halogens is 3. The van der Waals surface area contributed by atoms with Crippen LogP contribution in [0.3, 0.4) is 0 Å². The third-order valence-corrected chi connectivity index (χ3v) is 7.23. The van der Waals surface area contributed by atoms with Crippen LogP contribution in [0.15, 0.2) is 42.5 Å². The molecule has 0 aliphatic carbocycles. The summed E-state index contributed by atoms with van der Waals surface area (Å²) in [5.74, 6) is -0.945. The first-order valence-corrected chi connectivity index (χ1v) is 13.6. The van der Waals surface area contributed by atoms with Gasteiger partial charge in [-0.1, -0.05) is 59.9 Å². The summed E-state index contributed by atoms with van der Waals surface area (Å²) in [6.07, 6.45) is 1.70. The van der Waals surface area contributed by atoms with Crippen molar-refractivity contribution in [2.24, 2.45) is 0 Å². The molecule has 7 nitrogen and oxygen atoms in total. The minimum absolute atomic E-state index is 0.0154. The number of carbonyl (C=O) groups excluding carboxylic acids is 2. The molecule has 2 aromatic rings. The molecule has 2 atom stereocenters. The molecular formula is C23H28Cl3N3O4S. The highest BCUT2D eigenvalue weighted by atomic mass is 35.5. The minimum atomic E-state index is -3.89. The van der Waals surface area contributed by atoms with Gasteiger partial charge in [-0.15, -0.1) is 0 Å². The number of nitrogens with one attached hydrogen (secondary N) is 1. The molecule has 186 valence electrons. The Kier molecular flexibility index (Phi) is 10.1. The zero-order chi connectivity index (χ0) is 25.6. The van der Waals surface area contributed by atoms with E-state index in [9.17, 15) is 18.0 Å². The minimum Gasteiger partial charge on any atom is -0.352 e. The van der Waals surface area contributed by atoms with Crippen LogP contribution in [0, 0.1) is 0 Å². The van der Waals surface area contributed by atoms with E-state index in [1.54, 1.807) is 31.2 Å². The average Bonchev–Trinajstić information content (AvgIpc) is 2.74. The molecule has 0 aliphatic heterocycles. The molecule has 0 spiro atoms. The highest BCUT2D eigenvalue weighted by Gasteiger charge is 2.31. The molecule has 2 rings (SSSR count). The van der Waals surface area contributed by atoms with Crippen LogP contribution < -0.4 is 9.62 Å². The summed E-state index contributed by atoms with van der Waals surface area (Å²) in [6.45, 7) is 4.84. The van der Waals surface area contributed by atoms with Crippen molar-refractivity contribution in [3.8, 4) is 0 Å². The van der Waals surface area contributed by atoms with E-state index < -0.39 is 28.5 Å². The molecule has 2 amide bonds. The van der Waals surface area contributed by atoms with Crippen LogP contribution in [0.1, 0.15) is 32.8 Å². The van der Waals surface area contributed by atoms with E-state index in [1.807, 2.05) is 13.8 Å². The lowest BCUT2D eigenvalue weighted by Gasteiger charge is -2.32. The molecule has 0 saturated carbocycles. The van der Waals surface area contributed by atoms with Gasteiger partial charge in [-0.3, -0.25) is 13.9 Å². The van der Waals surface area contributed by atoms with Gasteiger partial charge < -0.3 is 10.2 Å². The monoisotopic (exact) mass is 547 g/mol. The number of amides is 2. The normalized spacial score (nSPS) is 13.1. The summed E-state index contributed by atoms with van der Waals surface area (Å²) in [4.78, 5) is 27.7. The Morgan fingerprint density at radius 3 is 2.15 bits per heavy atom. The van der Waals surface area contributed by atoms with Crippen molar-refractivity contribution in [3.63, 3.8) is 0 Å². The Hall–Kier alpha value is -2.00. The Bertz CT molecular complexity index is 1120. The maximum Gasteiger partial charge on any atom is 0.244 e. The van der Waals surface area contributed by atoms with Gasteiger partial charge in [-0.25, -0.2) is 8.42 Å². The van der Waals surface area contributed by atoms with Crippen LogP contribution >= 0.6 is 34.8 Å². The van der Waals surface area contributed by atoms with Crippen LogP contribution in [0.5, 0.6) is 0 Å². The fourth-order valence-electron chi connectivity index (χ4n) is 3.16. The maximum absolute atomic E-state index is 13.5. The van der Waals surface area contributed by atoms with Crippen molar-refractivity contribution >= 4 is 62.3 Å². The van der Waals surface area contributed by atoms with Gasteiger partial charge in [0.25, 0.3) is 0 Å². The SMILES string of the molecule is CC[C@@H](C)NC(=O)[C@H](C)N(Cc1ccccc1Cl)C(=O)CN(c1cc(Cl)cc(Cl)c1)S(C)(=O)=O. The number of nitrogens with zero attached hydrogens (tertiary/aromatic N) is 2. The molecule has 0 bridgehead atoms. The van der Waals surface area contributed by atoms with Gasteiger partial charge in [0.2, 0.25) is 21.8 Å². The summed E-state index contributed by atoms with van der Waals surface area (Å²) < 4.78 is 26.1. The van der Waals surface area contributed by atoms with Gasteiger partial charge in [0.05, 0.1) is 11.9 Å².